The average molecular weight is 338 g/mol. The van der Waals surface area contributed by atoms with Crippen LogP contribution in [0.25, 0.3) is 0 Å². The molecule has 1 aliphatic rings. The Kier molecular flexibility index (Phi) is 4.31. The normalized spacial score (nSPS) is 18.7. The average Bonchev–Trinajstić information content (AvgIpc) is 2.53. The predicted molar refractivity (Wildman–Crippen MR) is 83.5 cm³/mol. The van der Waals surface area contributed by atoms with E-state index in [0.717, 1.165) is 18.0 Å². The molecule has 2 aromatic heterocycles. The maximum Gasteiger partial charge on any atom is 0.417 e. The SMILES string of the molecule is Cc1cc(N)cc([C@H]2CN(c3ccc(C(F)(F)F)cn3)CCO2)n1. The number of aromatic nitrogens is 2. The highest BCUT2D eigenvalue weighted by Crippen LogP contribution is 2.30. The van der Waals surface area contributed by atoms with E-state index in [4.69, 9.17) is 10.5 Å². The molecule has 128 valence electrons. The summed E-state index contributed by atoms with van der Waals surface area (Å²) in [5.41, 5.74) is 7.19. The first-order valence-corrected chi connectivity index (χ1v) is 7.47. The highest BCUT2D eigenvalue weighted by atomic mass is 19.4. The zero-order valence-electron chi connectivity index (χ0n) is 13.0. The Morgan fingerprint density at radius 2 is 2.08 bits per heavy atom. The quantitative estimate of drug-likeness (QED) is 0.912. The standard InChI is InChI=1S/C16H17F3N4O/c1-10-6-12(20)7-13(22-10)14-9-23(4-5-24-14)15-3-2-11(8-21-15)16(17,18)19/h2-3,6-8,14H,4-5,9H2,1H3,(H2,20,22)/t14-/m1/s1. The van der Waals surface area contributed by atoms with Gasteiger partial charge in [-0.2, -0.15) is 13.2 Å². The van der Waals surface area contributed by atoms with Crippen molar-refractivity contribution in [2.75, 3.05) is 30.3 Å². The lowest BCUT2D eigenvalue weighted by atomic mass is 10.1. The van der Waals surface area contributed by atoms with Crippen molar-refractivity contribution in [3.8, 4) is 0 Å². The number of nitrogens with zero attached hydrogens (tertiary/aromatic N) is 3. The van der Waals surface area contributed by atoms with Crippen molar-refractivity contribution in [2.24, 2.45) is 0 Å². The lowest BCUT2D eigenvalue weighted by Gasteiger charge is -2.33. The third kappa shape index (κ3) is 3.59. The molecule has 1 fully saturated rings. The number of pyridine rings is 2. The number of ether oxygens (including phenoxy) is 1. The number of rotatable bonds is 2. The highest BCUT2D eigenvalue weighted by molar-refractivity contribution is 5.43. The monoisotopic (exact) mass is 338 g/mol. The number of alkyl halides is 3. The van der Waals surface area contributed by atoms with Crippen molar-refractivity contribution in [3.05, 3.63) is 47.4 Å². The summed E-state index contributed by atoms with van der Waals surface area (Å²) in [4.78, 5) is 10.3. The van der Waals surface area contributed by atoms with Crippen molar-refractivity contribution in [2.45, 2.75) is 19.2 Å². The summed E-state index contributed by atoms with van der Waals surface area (Å²) in [6.45, 7) is 3.28. The minimum atomic E-state index is -4.39. The molecule has 1 atom stereocenters. The van der Waals surface area contributed by atoms with E-state index in [0.29, 0.717) is 36.9 Å². The minimum Gasteiger partial charge on any atom is -0.399 e. The summed E-state index contributed by atoms with van der Waals surface area (Å²) in [6, 6.07) is 5.93. The molecule has 0 unspecified atom stereocenters. The number of nitrogen functional groups attached to an aromatic ring is 1. The lowest BCUT2D eigenvalue weighted by molar-refractivity contribution is -0.137. The third-order valence-corrected chi connectivity index (χ3v) is 3.79. The molecule has 8 heteroatoms. The summed E-state index contributed by atoms with van der Waals surface area (Å²) >= 11 is 0. The molecule has 0 aliphatic carbocycles. The number of nitrogens with two attached hydrogens (primary N) is 1. The number of morpholine rings is 1. The molecule has 2 N–H and O–H groups in total. The summed E-state index contributed by atoms with van der Waals surface area (Å²) < 4.78 is 43.6. The number of halogens is 3. The molecule has 1 aliphatic heterocycles. The van der Waals surface area contributed by atoms with Crippen LogP contribution in [0.15, 0.2) is 30.5 Å². The van der Waals surface area contributed by atoms with Crippen LogP contribution in [0, 0.1) is 6.92 Å². The topological polar surface area (TPSA) is 64.3 Å². The third-order valence-electron chi connectivity index (χ3n) is 3.79. The number of aryl methyl sites for hydroxylation is 1. The van der Waals surface area contributed by atoms with Gasteiger partial charge in [0.05, 0.1) is 24.4 Å². The Bertz CT molecular complexity index is 698. The number of hydrogen-bond acceptors (Lipinski definition) is 5. The number of anilines is 2. The maximum atomic E-state index is 12.6. The van der Waals surface area contributed by atoms with Crippen LogP contribution in [0.1, 0.15) is 23.1 Å². The summed E-state index contributed by atoms with van der Waals surface area (Å²) in [6.07, 6.45) is -3.84. The minimum absolute atomic E-state index is 0.301. The van der Waals surface area contributed by atoms with E-state index in [1.807, 2.05) is 11.8 Å². The molecule has 5 nitrogen and oxygen atoms in total. The molecule has 0 bridgehead atoms. The second kappa shape index (κ2) is 6.27. The Balaban J connectivity index is 1.78. The number of hydrogen-bond donors (Lipinski definition) is 1. The van der Waals surface area contributed by atoms with E-state index in [-0.39, 0.29) is 6.10 Å². The Morgan fingerprint density at radius 1 is 1.29 bits per heavy atom. The first-order chi connectivity index (χ1) is 11.3. The van der Waals surface area contributed by atoms with Crippen molar-refractivity contribution in [3.63, 3.8) is 0 Å². The van der Waals surface area contributed by atoms with E-state index in [2.05, 4.69) is 9.97 Å². The van der Waals surface area contributed by atoms with Crippen LogP contribution in [0.5, 0.6) is 0 Å². The molecule has 0 spiro atoms. The van der Waals surface area contributed by atoms with Gasteiger partial charge in [-0.05, 0) is 31.2 Å². The van der Waals surface area contributed by atoms with Gasteiger partial charge in [0.15, 0.2) is 0 Å². The molecular formula is C16H17F3N4O. The Hall–Kier alpha value is -2.35. The molecule has 1 saturated heterocycles. The Labute approximate surface area is 137 Å². The van der Waals surface area contributed by atoms with Crippen LogP contribution in [-0.4, -0.2) is 29.7 Å². The largest absolute Gasteiger partial charge is 0.417 e. The fourth-order valence-corrected chi connectivity index (χ4v) is 2.66. The van der Waals surface area contributed by atoms with Crippen LogP contribution in [0.2, 0.25) is 0 Å². The van der Waals surface area contributed by atoms with Crippen molar-refractivity contribution in [1.82, 2.24) is 9.97 Å². The molecule has 3 rings (SSSR count). The van der Waals surface area contributed by atoms with Crippen LogP contribution in [0.3, 0.4) is 0 Å². The van der Waals surface area contributed by atoms with Gasteiger partial charge in [0, 0.05) is 24.1 Å². The van der Waals surface area contributed by atoms with E-state index in [1.54, 1.807) is 12.1 Å². The van der Waals surface area contributed by atoms with Gasteiger partial charge in [0.25, 0.3) is 0 Å². The zero-order chi connectivity index (χ0) is 17.3. The van der Waals surface area contributed by atoms with E-state index < -0.39 is 11.7 Å². The van der Waals surface area contributed by atoms with Crippen molar-refractivity contribution in [1.29, 1.82) is 0 Å². The van der Waals surface area contributed by atoms with Crippen molar-refractivity contribution >= 4 is 11.5 Å². The van der Waals surface area contributed by atoms with Gasteiger partial charge < -0.3 is 15.4 Å². The molecule has 0 amide bonds. The first-order valence-electron chi connectivity index (χ1n) is 7.47. The molecule has 0 saturated carbocycles. The molecule has 2 aromatic rings. The fourth-order valence-electron chi connectivity index (χ4n) is 2.66. The van der Waals surface area contributed by atoms with Gasteiger partial charge in [0.2, 0.25) is 0 Å². The van der Waals surface area contributed by atoms with E-state index in [9.17, 15) is 13.2 Å². The predicted octanol–water partition coefficient (Wildman–Crippen LogP) is 2.96. The molecule has 3 heterocycles. The second-order valence-corrected chi connectivity index (χ2v) is 5.68. The lowest BCUT2D eigenvalue weighted by Crippen LogP contribution is -2.39. The molecule has 0 aromatic carbocycles. The van der Waals surface area contributed by atoms with Gasteiger partial charge in [0.1, 0.15) is 11.9 Å². The van der Waals surface area contributed by atoms with Crippen LogP contribution >= 0.6 is 0 Å². The van der Waals surface area contributed by atoms with Crippen LogP contribution < -0.4 is 10.6 Å². The Morgan fingerprint density at radius 3 is 2.71 bits per heavy atom. The van der Waals surface area contributed by atoms with Gasteiger partial charge in [-0.1, -0.05) is 0 Å². The summed E-state index contributed by atoms with van der Waals surface area (Å²) in [5, 5.41) is 0. The zero-order valence-corrected chi connectivity index (χ0v) is 13.0. The van der Waals surface area contributed by atoms with Crippen LogP contribution in [0.4, 0.5) is 24.7 Å². The van der Waals surface area contributed by atoms with Gasteiger partial charge >= 0.3 is 6.18 Å². The van der Waals surface area contributed by atoms with Crippen molar-refractivity contribution < 1.29 is 17.9 Å². The van der Waals surface area contributed by atoms with Gasteiger partial charge in [-0.15, -0.1) is 0 Å². The highest BCUT2D eigenvalue weighted by Gasteiger charge is 2.31. The van der Waals surface area contributed by atoms with Gasteiger partial charge in [-0.3, -0.25) is 4.98 Å². The van der Waals surface area contributed by atoms with E-state index >= 15 is 0 Å². The molecule has 24 heavy (non-hydrogen) atoms. The maximum absolute atomic E-state index is 12.6. The smallest absolute Gasteiger partial charge is 0.399 e. The first kappa shape index (κ1) is 16.5. The fraction of sp³-hybridized carbons (Fsp3) is 0.375. The van der Waals surface area contributed by atoms with E-state index in [1.165, 1.54) is 6.07 Å². The van der Waals surface area contributed by atoms with Gasteiger partial charge in [-0.25, -0.2) is 4.98 Å². The second-order valence-electron chi connectivity index (χ2n) is 5.68. The molecular weight excluding hydrogens is 321 g/mol. The van der Waals surface area contributed by atoms with Crippen LogP contribution in [-0.2, 0) is 10.9 Å². The molecule has 0 radical (unpaired) electrons. The summed E-state index contributed by atoms with van der Waals surface area (Å²) in [5.74, 6) is 0.483. The summed E-state index contributed by atoms with van der Waals surface area (Å²) in [7, 11) is 0.